The number of pyridine rings is 1. The van der Waals surface area contributed by atoms with Gasteiger partial charge in [0.05, 0.1) is 19.4 Å². The first-order valence-electron chi connectivity index (χ1n) is 9.06. The van der Waals surface area contributed by atoms with E-state index in [0.717, 1.165) is 24.0 Å². The maximum absolute atomic E-state index is 12.5. The highest BCUT2D eigenvalue weighted by atomic mass is 16.5. The van der Waals surface area contributed by atoms with Crippen molar-refractivity contribution in [2.75, 3.05) is 26.3 Å². The van der Waals surface area contributed by atoms with Crippen molar-refractivity contribution in [1.82, 2.24) is 9.88 Å². The van der Waals surface area contributed by atoms with E-state index in [1.807, 2.05) is 18.2 Å². The van der Waals surface area contributed by atoms with Gasteiger partial charge in [-0.15, -0.1) is 0 Å². The fraction of sp³-hybridized carbons (Fsp3) is 0.400. The molecule has 0 radical (unpaired) electrons. The molecule has 0 spiro atoms. The normalized spacial score (nSPS) is 22.6. The standard InChI is InChI=1S/C20H23N3O3/c21-17-6-8-19(16-4-2-1-3-15(16)17)26-14-5-7-18(22-13-14)20(24)23-9-11-25-12-10-23/h1-5,7,13,17,19H,6,8-12,21H2/t17-,19+/m0/s1. The van der Waals surface area contributed by atoms with E-state index >= 15 is 0 Å². The number of amides is 1. The van der Waals surface area contributed by atoms with E-state index in [2.05, 4.69) is 17.1 Å². The highest BCUT2D eigenvalue weighted by Crippen LogP contribution is 2.37. The van der Waals surface area contributed by atoms with Crippen LogP contribution < -0.4 is 10.5 Å². The summed E-state index contributed by atoms with van der Waals surface area (Å²) >= 11 is 0. The van der Waals surface area contributed by atoms with Gasteiger partial charge in [0.2, 0.25) is 0 Å². The van der Waals surface area contributed by atoms with Gasteiger partial charge in [0.1, 0.15) is 17.5 Å². The summed E-state index contributed by atoms with van der Waals surface area (Å²) in [5.41, 5.74) is 8.93. The number of nitrogens with zero attached hydrogens (tertiary/aromatic N) is 2. The molecule has 6 nitrogen and oxygen atoms in total. The van der Waals surface area contributed by atoms with Crippen LogP contribution in [-0.4, -0.2) is 42.1 Å². The van der Waals surface area contributed by atoms with Crippen LogP contribution in [0.25, 0.3) is 0 Å². The molecule has 1 aromatic heterocycles. The van der Waals surface area contributed by atoms with Gasteiger partial charge in [-0.1, -0.05) is 24.3 Å². The van der Waals surface area contributed by atoms with E-state index in [4.69, 9.17) is 15.2 Å². The Morgan fingerprint density at radius 3 is 2.62 bits per heavy atom. The molecule has 1 amide bonds. The van der Waals surface area contributed by atoms with Gasteiger partial charge in [0, 0.05) is 19.1 Å². The van der Waals surface area contributed by atoms with E-state index in [-0.39, 0.29) is 18.1 Å². The van der Waals surface area contributed by atoms with E-state index < -0.39 is 0 Å². The molecule has 1 aliphatic heterocycles. The van der Waals surface area contributed by atoms with Crippen molar-refractivity contribution in [3.8, 4) is 5.75 Å². The van der Waals surface area contributed by atoms with Crippen molar-refractivity contribution in [2.45, 2.75) is 25.0 Å². The van der Waals surface area contributed by atoms with Crippen molar-refractivity contribution in [3.63, 3.8) is 0 Å². The first kappa shape index (κ1) is 17.0. The number of fused-ring (bicyclic) bond motifs is 1. The van der Waals surface area contributed by atoms with Crippen LogP contribution in [-0.2, 0) is 4.74 Å². The van der Waals surface area contributed by atoms with Crippen molar-refractivity contribution in [3.05, 3.63) is 59.4 Å². The van der Waals surface area contributed by atoms with E-state index in [1.165, 1.54) is 0 Å². The molecule has 1 aromatic carbocycles. The summed E-state index contributed by atoms with van der Waals surface area (Å²) in [6, 6.07) is 11.8. The number of ether oxygens (including phenoxy) is 2. The molecule has 0 bridgehead atoms. The van der Waals surface area contributed by atoms with Crippen LogP contribution in [0.3, 0.4) is 0 Å². The number of carbonyl (C=O) groups excluding carboxylic acids is 1. The first-order valence-corrected chi connectivity index (χ1v) is 9.06. The molecule has 1 fully saturated rings. The minimum Gasteiger partial charge on any atom is -0.484 e. The lowest BCUT2D eigenvalue weighted by Gasteiger charge is -2.30. The Morgan fingerprint density at radius 1 is 1.12 bits per heavy atom. The Hall–Kier alpha value is -2.44. The molecule has 0 saturated carbocycles. The number of hydrogen-bond donors (Lipinski definition) is 1. The summed E-state index contributed by atoms with van der Waals surface area (Å²) in [7, 11) is 0. The Balaban J connectivity index is 1.46. The third-order valence-electron chi connectivity index (χ3n) is 5.01. The molecule has 2 aromatic rings. The highest BCUT2D eigenvalue weighted by molar-refractivity contribution is 5.92. The van der Waals surface area contributed by atoms with Gasteiger partial charge in [0.25, 0.3) is 5.91 Å². The molecular formula is C20H23N3O3. The molecule has 1 saturated heterocycles. The van der Waals surface area contributed by atoms with Crippen LogP contribution in [0.4, 0.5) is 0 Å². The maximum Gasteiger partial charge on any atom is 0.272 e. The van der Waals surface area contributed by atoms with E-state index in [0.29, 0.717) is 37.7 Å². The van der Waals surface area contributed by atoms with Crippen LogP contribution in [0.2, 0.25) is 0 Å². The quantitative estimate of drug-likeness (QED) is 0.917. The average molecular weight is 353 g/mol. The fourth-order valence-electron chi connectivity index (χ4n) is 3.58. The number of morpholine rings is 1. The minimum atomic E-state index is -0.0613. The second-order valence-electron chi connectivity index (χ2n) is 6.70. The lowest BCUT2D eigenvalue weighted by molar-refractivity contribution is 0.0299. The number of carbonyl (C=O) groups is 1. The largest absolute Gasteiger partial charge is 0.484 e. The lowest BCUT2D eigenvalue weighted by atomic mass is 9.86. The summed E-state index contributed by atoms with van der Waals surface area (Å²) in [5.74, 6) is 0.604. The predicted octanol–water partition coefficient (Wildman–Crippen LogP) is 2.47. The molecule has 2 atom stereocenters. The molecule has 1 aliphatic carbocycles. The zero-order valence-corrected chi connectivity index (χ0v) is 14.6. The monoisotopic (exact) mass is 353 g/mol. The number of aromatic nitrogens is 1. The number of hydrogen-bond acceptors (Lipinski definition) is 5. The number of benzene rings is 1. The molecule has 2 aliphatic rings. The SMILES string of the molecule is N[C@H]1CC[C@@H](Oc2ccc(C(=O)N3CCOCC3)nc2)c2ccccc21. The summed E-state index contributed by atoms with van der Waals surface area (Å²) in [4.78, 5) is 18.5. The van der Waals surface area contributed by atoms with Crippen LogP contribution in [0.15, 0.2) is 42.6 Å². The van der Waals surface area contributed by atoms with Gasteiger partial charge < -0.3 is 20.1 Å². The van der Waals surface area contributed by atoms with Gasteiger partial charge in [-0.25, -0.2) is 4.98 Å². The Labute approximate surface area is 152 Å². The Bertz CT molecular complexity index is 772. The fourth-order valence-corrected chi connectivity index (χ4v) is 3.58. The van der Waals surface area contributed by atoms with Crippen molar-refractivity contribution in [2.24, 2.45) is 5.73 Å². The summed E-state index contributed by atoms with van der Waals surface area (Å²) in [6.07, 6.45) is 3.36. The molecule has 26 heavy (non-hydrogen) atoms. The van der Waals surface area contributed by atoms with Gasteiger partial charge in [-0.2, -0.15) is 0 Å². The molecule has 136 valence electrons. The van der Waals surface area contributed by atoms with Gasteiger partial charge in [-0.3, -0.25) is 4.79 Å². The average Bonchev–Trinajstić information content (AvgIpc) is 2.71. The van der Waals surface area contributed by atoms with Crippen LogP contribution in [0, 0.1) is 0 Å². The highest BCUT2D eigenvalue weighted by Gasteiger charge is 2.26. The molecule has 6 heteroatoms. The van der Waals surface area contributed by atoms with Crippen LogP contribution >= 0.6 is 0 Å². The Morgan fingerprint density at radius 2 is 1.88 bits per heavy atom. The molecule has 2 N–H and O–H groups in total. The second-order valence-corrected chi connectivity index (χ2v) is 6.70. The maximum atomic E-state index is 12.5. The first-order chi connectivity index (χ1) is 12.7. The number of nitrogens with two attached hydrogens (primary N) is 1. The summed E-state index contributed by atoms with van der Waals surface area (Å²) < 4.78 is 11.4. The topological polar surface area (TPSA) is 77.7 Å². The Kier molecular flexibility index (Phi) is 4.86. The van der Waals surface area contributed by atoms with Gasteiger partial charge >= 0.3 is 0 Å². The zero-order chi connectivity index (χ0) is 17.9. The minimum absolute atomic E-state index is 0.0337. The second kappa shape index (κ2) is 7.43. The van der Waals surface area contributed by atoms with Crippen molar-refractivity contribution < 1.29 is 14.3 Å². The third kappa shape index (κ3) is 3.43. The van der Waals surface area contributed by atoms with Crippen molar-refractivity contribution in [1.29, 1.82) is 0 Å². The van der Waals surface area contributed by atoms with Gasteiger partial charge in [-0.05, 0) is 36.1 Å². The molecule has 2 heterocycles. The molecule has 0 unspecified atom stereocenters. The van der Waals surface area contributed by atoms with E-state index in [9.17, 15) is 4.79 Å². The van der Waals surface area contributed by atoms with Crippen LogP contribution in [0.1, 0.15) is 46.6 Å². The summed E-state index contributed by atoms with van der Waals surface area (Å²) in [6.45, 7) is 2.38. The van der Waals surface area contributed by atoms with Crippen LogP contribution in [0.5, 0.6) is 5.75 Å². The summed E-state index contributed by atoms with van der Waals surface area (Å²) in [5, 5.41) is 0. The lowest BCUT2D eigenvalue weighted by Crippen LogP contribution is -2.41. The molecule has 4 rings (SSSR count). The van der Waals surface area contributed by atoms with E-state index in [1.54, 1.807) is 17.2 Å². The van der Waals surface area contributed by atoms with Crippen molar-refractivity contribution >= 4 is 5.91 Å². The third-order valence-corrected chi connectivity index (χ3v) is 5.01. The smallest absolute Gasteiger partial charge is 0.272 e. The zero-order valence-electron chi connectivity index (χ0n) is 14.6. The predicted molar refractivity (Wildman–Crippen MR) is 96.9 cm³/mol. The molecular weight excluding hydrogens is 330 g/mol. The number of rotatable bonds is 3. The van der Waals surface area contributed by atoms with Gasteiger partial charge in [0.15, 0.2) is 0 Å².